The van der Waals surface area contributed by atoms with Crippen molar-refractivity contribution in [2.75, 3.05) is 6.61 Å². The van der Waals surface area contributed by atoms with Gasteiger partial charge >= 0.3 is 0 Å². The maximum Gasteiger partial charge on any atom is 0.158 e. The number of allylic oxidation sites excluding steroid dienone is 1. The van der Waals surface area contributed by atoms with Crippen LogP contribution in [-0.2, 0) is 11.2 Å². The van der Waals surface area contributed by atoms with Crippen molar-refractivity contribution < 1.29 is 9.53 Å². The molecule has 0 radical (unpaired) electrons. The second-order valence-corrected chi connectivity index (χ2v) is 4.48. The summed E-state index contributed by atoms with van der Waals surface area (Å²) in [7, 11) is 0. The number of carbonyl (C=O) groups is 1. The molecule has 0 spiro atoms. The molecule has 0 aromatic heterocycles. The van der Waals surface area contributed by atoms with E-state index in [2.05, 4.69) is 6.07 Å². The first-order valence-corrected chi connectivity index (χ1v) is 5.80. The summed E-state index contributed by atoms with van der Waals surface area (Å²) >= 11 is 0. The van der Waals surface area contributed by atoms with Gasteiger partial charge in [0.15, 0.2) is 5.78 Å². The second-order valence-electron chi connectivity index (χ2n) is 4.48. The lowest BCUT2D eigenvalue weighted by molar-refractivity contribution is -0.115. The predicted octanol–water partition coefficient (Wildman–Crippen LogP) is 2.61. The Morgan fingerprint density at radius 3 is 3.06 bits per heavy atom. The van der Waals surface area contributed by atoms with Crippen LogP contribution in [0.4, 0.5) is 0 Å². The summed E-state index contributed by atoms with van der Waals surface area (Å²) in [6.07, 6.45) is 6.75. The fourth-order valence-corrected chi connectivity index (χ4v) is 1.99. The fraction of sp³-hybridized carbons (Fsp3) is 0.357. The van der Waals surface area contributed by atoms with Crippen molar-refractivity contribution in [1.29, 1.82) is 0 Å². The van der Waals surface area contributed by atoms with Gasteiger partial charge in [-0.1, -0.05) is 12.1 Å². The van der Waals surface area contributed by atoms with Gasteiger partial charge in [0.2, 0.25) is 0 Å². The van der Waals surface area contributed by atoms with Crippen molar-refractivity contribution in [3.8, 4) is 5.75 Å². The SMILES string of the molecule is O=C(/C=C/c1ccc2c(c1)CCO2)C1CC1. The Hall–Kier alpha value is -1.57. The number of rotatable bonds is 3. The van der Waals surface area contributed by atoms with Gasteiger partial charge < -0.3 is 4.74 Å². The van der Waals surface area contributed by atoms with Crippen LogP contribution in [0.2, 0.25) is 0 Å². The second kappa shape index (κ2) is 3.78. The van der Waals surface area contributed by atoms with Crippen molar-refractivity contribution >= 4 is 11.9 Å². The van der Waals surface area contributed by atoms with Gasteiger partial charge in [0.25, 0.3) is 0 Å². The molecule has 1 aliphatic heterocycles. The van der Waals surface area contributed by atoms with Crippen molar-refractivity contribution in [3.05, 3.63) is 35.4 Å². The number of hydrogen-bond donors (Lipinski definition) is 0. The van der Waals surface area contributed by atoms with E-state index in [4.69, 9.17) is 4.74 Å². The van der Waals surface area contributed by atoms with Crippen LogP contribution in [0.25, 0.3) is 6.08 Å². The maximum absolute atomic E-state index is 11.5. The molecule has 1 fully saturated rings. The van der Waals surface area contributed by atoms with Gasteiger partial charge in [0, 0.05) is 12.3 Å². The molecule has 0 saturated heterocycles. The number of ketones is 1. The average Bonchev–Trinajstić information content (AvgIpc) is 3.04. The van der Waals surface area contributed by atoms with Gasteiger partial charge in [-0.25, -0.2) is 0 Å². The molecule has 3 rings (SSSR count). The molecular weight excluding hydrogens is 200 g/mol. The minimum absolute atomic E-state index is 0.275. The van der Waals surface area contributed by atoms with E-state index in [9.17, 15) is 4.79 Å². The Bertz CT molecular complexity index is 456. The van der Waals surface area contributed by atoms with Gasteiger partial charge in [-0.15, -0.1) is 0 Å². The standard InChI is InChI=1S/C14H14O2/c15-13(11-3-4-11)5-1-10-2-6-14-12(9-10)7-8-16-14/h1-2,5-6,9,11H,3-4,7-8H2/b5-1+. The van der Waals surface area contributed by atoms with E-state index in [1.807, 2.05) is 18.2 Å². The van der Waals surface area contributed by atoms with E-state index >= 15 is 0 Å². The highest BCUT2D eigenvalue weighted by Gasteiger charge is 2.27. The molecule has 0 bridgehead atoms. The quantitative estimate of drug-likeness (QED) is 0.723. The third-order valence-electron chi connectivity index (χ3n) is 3.13. The molecule has 16 heavy (non-hydrogen) atoms. The van der Waals surface area contributed by atoms with Crippen LogP contribution in [0.15, 0.2) is 24.3 Å². The number of hydrogen-bond acceptors (Lipinski definition) is 2. The van der Waals surface area contributed by atoms with E-state index in [-0.39, 0.29) is 5.78 Å². The lowest BCUT2D eigenvalue weighted by Crippen LogP contribution is -1.93. The Balaban J connectivity index is 1.76. The zero-order valence-electron chi connectivity index (χ0n) is 9.11. The smallest absolute Gasteiger partial charge is 0.158 e. The van der Waals surface area contributed by atoms with Crippen molar-refractivity contribution in [2.24, 2.45) is 5.92 Å². The normalized spacial score (nSPS) is 18.5. The summed E-state index contributed by atoms with van der Waals surface area (Å²) in [5.41, 5.74) is 2.35. The molecule has 2 aliphatic rings. The van der Waals surface area contributed by atoms with Gasteiger partial charge in [0.05, 0.1) is 6.61 Å². The van der Waals surface area contributed by atoms with Gasteiger partial charge in [-0.3, -0.25) is 4.79 Å². The van der Waals surface area contributed by atoms with E-state index in [0.29, 0.717) is 5.92 Å². The zero-order valence-corrected chi connectivity index (χ0v) is 9.11. The van der Waals surface area contributed by atoms with E-state index in [1.165, 1.54) is 5.56 Å². The van der Waals surface area contributed by atoms with Crippen LogP contribution in [0.1, 0.15) is 24.0 Å². The maximum atomic E-state index is 11.5. The van der Waals surface area contributed by atoms with Crippen molar-refractivity contribution in [1.82, 2.24) is 0 Å². The van der Waals surface area contributed by atoms with Gasteiger partial charge in [0.1, 0.15) is 5.75 Å². The first-order valence-electron chi connectivity index (χ1n) is 5.80. The summed E-state index contributed by atoms with van der Waals surface area (Å²) in [6, 6.07) is 6.10. The largest absolute Gasteiger partial charge is 0.493 e. The topological polar surface area (TPSA) is 26.3 Å². The minimum Gasteiger partial charge on any atom is -0.493 e. The van der Waals surface area contributed by atoms with Crippen LogP contribution in [0.3, 0.4) is 0 Å². The molecule has 0 unspecified atom stereocenters. The van der Waals surface area contributed by atoms with Crippen molar-refractivity contribution in [3.63, 3.8) is 0 Å². The molecule has 1 aromatic carbocycles. The third-order valence-corrected chi connectivity index (χ3v) is 3.13. The molecule has 1 heterocycles. The number of ether oxygens (including phenoxy) is 1. The number of carbonyl (C=O) groups excluding carboxylic acids is 1. The molecule has 1 aliphatic carbocycles. The monoisotopic (exact) mass is 214 g/mol. The van der Waals surface area contributed by atoms with Crippen LogP contribution in [-0.4, -0.2) is 12.4 Å². The van der Waals surface area contributed by atoms with Crippen LogP contribution < -0.4 is 4.74 Å². The van der Waals surface area contributed by atoms with E-state index in [1.54, 1.807) is 6.08 Å². The van der Waals surface area contributed by atoms with Crippen LogP contribution >= 0.6 is 0 Å². The lowest BCUT2D eigenvalue weighted by atomic mass is 10.1. The molecular formula is C14H14O2. The molecule has 2 heteroatoms. The highest BCUT2D eigenvalue weighted by molar-refractivity contribution is 5.96. The molecule has 82 valence electrons. The van der Waals surface area contributed by atoms with Crippen LogP contribution in [0, 0.1) is 5.92 Å². The predicted molar refractivity (Wildman–Crippen MR) is 62.4 cm³/mol. The summed E-state index contributed by atoms with van der Waals surface area (Å²) < 4.78 is 5.44. The Morgan fingerprint density at radius 1 is 1.38 bits per heavy atom. The van der Waals surface area contributed by atoms with Crippen LogP contribution in [0.5, 0.6) is 5.75 Å². The molecule has 1 aromatic rings. The summed E-state index contributed by atoms with van der Waals surface area (Å²) in [5.74, 6) is 1.58. The number of benzene rings is 1. The molecule has 2 nitrogen and oxygen atoms in total. The minimum atomic E-state index is 0.275. The highest BCUT2D eigenvalue weighted by Crippen LogP contribution is 2.30. The molecule has 0 amide bonds. The zero-order chi connectivity index (χ0) is 11.0. The highest BCUT2D eigenvalue weighted by atomic mass is 16.5. The van der Waals surface area contributed by atoms with E-state index < -0.39 is 0 Å². The molecule has 1 saturated carbocycles. The molecule has 0 N–H and O–H groups in total. The van der Waals surface area contributed by atoms with Gasteiger partial charge in [-0.05, 0) is 42.2 Å². The summed E-state index contributed by atoms with van der Waals surface area (Å²) in [4.78, 5) is 11.5. The van der Waals surface area contributed by atoms with E-state index in [0.717, 1.165) is 37.2 Å². The average molecular weight is 214 g/mol. The Kier molecular flexibility index (Phi) is 2.28. The third kappa shape index (κ3) is 1.87. The first-order chi connectivity index (χ1) is 7.83. The Morgan fingerprint density at radius 2 is 2.25 bits per heavy atom. The van der Waals surface area contributed by atoms with Crippen molar-refractivity contribution in [2.45, 2.75) is 19.3 Å². The summed E-state index contributed by atoms with van der Waals surface area (Å²) in [6.45, 7) is 0.781. The lowest BCUT2D eigenvalue weighted by Gasteiger charge is -1.99. The number of fused-ring (bicyclic) bond motifs is 1. The Labute approximate surface area is 94.9 Å². The fourth-order valence-electron chi connectivity index (χ4n) is 1.99. The molecule has 0 atom stereocenters. The first kappa shape index (κ1) is 9.64. The van der Waals surface area contributed by atoms with Gasteiger partial charge in [-0.2, -0.15) is 0 Å². The summed E-state index contributed by atoms with van der Waals surface area (Å²) in [5, 5.41) is 0.